The van der Waals surface area contributed by atoms with E-state index in [1.165, 1.54) is 0 Å². The van der Waals surface area contributed by atoms with Crippen LogP contribution in [0.4, 0.5) is 0 Å². The molecule has 0 aromatic rings. The summed E-state index contributed by atoms with van der Waals surface area (Å²) in [4.78, 5) is 10.3. The van der Waals surface area contributed by atoms with Gasteiger partial charge in [-0.15, -0.1) is 0 Å². The van der Waals surface area contributed by atoms with E-state index in [2.05, 4.69) is 4.72 Å². The summed E-state index contributed by atoms with van der Waals surface area (Å²) in [6.45, 7) is 1.70. The molecule has 2 N–H and O–H groups in total. The predicted molar refractivity (Wildman–Crippen MR) is 60.6 cm³/mol. The number of carboxylic acids is 1. The van der Waals surface area contributed by atoms with Gasteiger partial charge in [-0.1, -0.05) is 12.8 Å². The normalized spacial score (nSPS) is 19.8. The van der Waals surface area contributed by atoms with Gasteiger partial charge in [-0.2, -0.15) is 0 Å². The van der Waals surface area contributed by atoms with Crippen molar-refractivity contribution in [2.24, 2.45) is 0 Å². The summed E-state index contributed by atoms with van der Waals surface area (Å²) < 4.78 is 26.2. The van der Waals surface area contributed by atoms with Gasteiger partial charge in [0.2, 0.25) is 10.0 Å². The maximum absolute atomic E-state index is 11.8. The molecule has 1 aliphatic rings. The van der Waals surface area contributed by atoms with Gasteiger partial charge in [0.25, 0.3) is 0 Å². The fraction of sp³-hybridized carbons (Fsp3) is 0.900. The fourth-order valence-electron chi connectivity index (χ4n) is 1.97. The van der Waals surface area contributed by atoms with Crippen LogP contribution in [0.25, 0.3) is 0 Å². The maximum Gasteiger partial charge on any atom is 0.303 e. The summed E-state index contributed by atoms with van der Waals surface area (Å²) in [6, 6.07) is -0.304. The summed E-state index contributed by atoms with van der Waals surface area (Å²) in [6.07, 6.45) is 3.71. The van der Waals surface area contributed by atoms with Gasteiger partial charge >= 0.3 is 5.97 Å². The number of carbonyl (C=O) groups is 1. The first-order chi connectivity index (χ1) is 7.42. The van der Waals surface area contributed by atoms with Gasteiger partial charge in [-0.05, 0) is 26.2 Å². The molecule has 1 aliphatic carbocycles. The first kappa shape index (κ1) is 13.4. The molecule has 0 amide bonds. The molecule has 0 bridgehead atoms. The van der Waals surface area contributed by atoms with Gasteiger partial charge in [0.1, 0.15) is 0 Å². The lowest BCUT2D eigenvalue weighted by atomic mass is 10.2. The lowest BCUT2D eigenvalue weighted by Crippen LogP contribution is -2.38. The van der Waals surface area contributed by atoms with Gasteiger partial charge < -0.3 is 5.11 Å². The van der Waals surface area contributed by atoms with Crippen LogP contribution in [0.1, 0.15) is 45.4 Å². The first-order valence-corrected chi connectivity index (χ1v) is 7.19. The molecular formula is C10H19NO4S. The molecule has 6 heteroatoms. The summed E-state index contributed by atoms with van der Waals surface area (Å²) in [5, 5.41) is 8.22. The SMILES string of the molecule is CC(CCC(=O)O)NS(=O)(=O)C1CCCC1. The van der Waals surface area contributed by atoms with Crippen LogP contribution in [0.2, 0.25) is 0 Å². The Labute approximate surface area is 96.3 Å². The summed E-state index contributed by atoms with van der Waals surface area (Å²) in [7, 11) is -3.25. The van der Waals surface area contributed by atoms with Gasteiger partial charge in [0, 0.05) is 12.5 Å². The molecule has 0 heterocycles. The van der Waals surface area contributed by atoms with E-state index in [4.69, 9.17) is 5.11 Å². The van der Waals surface area contributed by atoms with E-state index >= 15 is 0 Å². The van der Waals surface area contributed by atoms with Crippen molar-refractivity contribution in [3.8, 4) is 0 Å². The lowest BCUT2D eigenvalue weighted by Gasteiger charge is -2.17. The standard InChI is InChI=1S/C10H19NO4S/c1-8(6-7-10(12)13)11-16(14,15)9-4-2-3-5-9/h8-9,11H,2-7H2,1H3,(H,12,13). The van der Waals surface area contributed by atoms with E-state index in [0.717, 1.165) is 25.7 Å². The minimum atomic E-state index is -3.25. The van der Waals surface area contributed by atoms with E-state index in [0.29, 0.717) is 6.42 Å². The quantitative estimate of drug-likeness (QED) is 0.738. The van der Waals surface area contributed by atoms with Crippen molar-refractivity contribution in [2.45, 2.75) is 56.7 Å². The van der Waals surface area contributed by atoms with Crippen LogP contribution < -0.4 is 4.72 Å². The Morgan fingerprint density at radius 1 is 1.44 bits per heavy atom. The summed E-state index contributed by atoms with van der Waals surface area (Å²) >= 11 is 0. The molecule has 16 heavy (non-hydrogen) atoms. The molecule has 0 aromatic carbocycles. The van der Waals surface area contributed by atoms with E-state index in [-0.39, 0.29) is 17.7 Å². The van der Waals surface area contributed by atoms with E-state index in [1.807, 2.05) is 0 Å². The Kier molecular flexibility index (Phi) is 4.73. The van der Waals surface area contributed by atoms with Crippen molar-refractivity contribution in [1.29, 1.82) is 0 Å². The summed E-state index contributed by atoms with van der Waals surface area (Å²) in [5.41, 5.74) is 0. The van der Waals surface area contributed by atoms with Crippen molar-refractivity contribution in [3.05, 3.63) is 0 Å². The number of rotatable bonds is 6. The average Bonchev–Trinajstić information content (AvgIpc) is 2.67. The third-order valence-corrected chi connectivity index (χ3v) is 4.98. The average molecular weight is 249 g/mol. The van der Waals surface area contributed by atoms with E-state index in [9.17, 15) is 13.2 Å². The molecule has 94 valence electrons. The molecule has 1 fully saturated rings. The third-order valence-electron chi connectivity index (χ3n) is 2.90. The third kappa shape index (κ3) is 4.09. The minimum absolute atomic E-state index is 0.00560. The monoisotopic (exact) mass is 249 g/mol. The second-order valence-electron chi connectivity index (χ2n) is 4.40. The fourth-order valence-corrected chi connectivity index (χ4v) is 3.80. The zero-order chi connectivity index (χ0) is 12.2. The smallest absolute Gasteiger partial charge is 0.303 e. The maximum atomic E-state index is 11.8. The number of carboxylic acid groups (broad SMARTS) is 1. The van der Waals surface area contributed by atoms with Crippen molar-refractivity contribution < 1.29 is 18.3 Å². The second-order valence-corrected chi connectivity index (χ2v) is 6.40. The zero-order valence-corrected chi connectivity index (χ0v) is 10.3. The van der Waals surface area contributed by atoms with Crippen molar-refractivity contribution in [2.75, 3.05) is 0 Å². The number of aliphatic carboxylic acids is 1. The Morgan fingerprint density at radius 2 is 2.00 bits per heavy atom. The number of hydrogen-bond donors (Lipinski definition) is 2. The van der Waals surface area contributed by atoms with Crippen LogP contribution in [0.15, 0.2) is 0 Å². The molecular weight excluding hydrogens is 230 g/mol. The highest BCUT2D eigenvalue weighted by Crippen LogP contribution is 2.24. The van der Waals surface area contributed by atoms with Crippen molar-refractivity contribution in [1.82, 2.24) is 4.72 Å². The highest BCUT2D eigenvalue weighted by molar-refractivity contribution is 7.90. The van der Waals surface area contributed by atoms with Crippen LogP contribution in [-0.4, -0.2) is 30.8 Å². The van der Waals surface area contributed by atoms with Crippen LogP contribution in [0, 0.1) is 0 Å². The summed E-state index contributed by atoms with van der Waals surface area (Å²) in [5.74, 6) is -0.896. The van der Waals surface area contributed by atoms with Gasteiger partial charge in [0.05, 0.1) is 5.25 Å². The highest BCUT2D eigenvalue weighted by Gasteiger charge is 2.29. The van der Waals surface area contributed by atoms with Gasteiger partial charge in [-0.3, -0.25) is 4.79 Å². The zero-order valence-electron chi connectivity index (χ0n) is 9.48. The van der Waals surface area contributed by atoms with Crippen LogP contribution in [0.5, 0.6) is 0 Å². The van der Waals surface area contributed by atoms with Gasteiger partial charge in [-0.25, -0.2) is 13.1 Å². The predicted octanol–water partition coefficient (Wildman–Crippen LogP) is 1.10. The molecule has 1 atom stereocenters. The van der Waals surface area contributed by atoms with Crippen LogP contribution >= 0.6 is 0 Å². The molecule has 1 unspecified atom stereocenters. The Morgan fingerprint density at radius 3 is 2.50 bits per heavy atom. The lowest BCUT2D eigenvalue weighted by molar-refractivity contribution is -0.137. The highest BCUT2D eigenvalue weighted by atomic mass is 32.2. The van der Waals surface area contributed by atoms with Crippen molar-refractivity contribution >= 4 is 16.0 Å². The Balaban J connectivity index is 2.42. The van der Waals surface area contributed by atoms with E-state index < -0.39 is 16.0 Å². The number of nitrogens with one attached hydrogen (secondary N) is 1. The molecule has 0 saturated heterocycles. The molecule has 0 aromatic heterocycles. The molecule has 0 spiro atoms. The topological polar surface area (TPSA) is 83.5 Å². The Bertz CT molecular complexity index is 333. The first-order valence-electron chi connectivity index (χ1n) is 5.65. The second kappa shape index (κ2) is 5.63. The van der Waals surface area contributed by atoms with E-state index in [1.54, 1.807) is 6.92 Å². The molecule has 0 aliphatic heterocycles. The minimum Gasteiger partial charge on any atom is -0.481 e. The molecule has 1 saturated carbocycles. The van der Waals surface area contributed by atoms with Crippen LogP contribution in [-0.2, 0) is 14.8 Å². The molecule has 5 nitrogen and oxygen atoms in total. The number of hydrogen-bond acceptors (Lipinski definition) is 3. The van der Waals surface area contributed by atoms with Crippen molar-refractivity contribution in [3.63, 3.8) is 0 Å². The molecule has 0 radical (unpaired) electrons. The Hall–Kier alpha value is -0.620. The molecule has 1 rings (SSSR count). The van der Waals surface area contributed by atoms with Gasteiger partial charge in [0.15, 0.2) is 0 Å². The van der Waals surface area contributed by atoms with Crippen LogP contribution in [0.3, 0.4) is 0 Å². The number of sulfonamides is 1. The largest absolute Gasteiger partial charge is 0.481 e.